The number of ether oxygens (including phenoxy) is 1. The van der Waals surface area contributed by atoms with Gasteiger partial charge in [0.2, 0.25) is 23.6 Å². The van der Waals surface area contributed by atoms with Crippen molar-refractivity contribution in [2.75, 3.05) is 6.54 Å². The first-order chi connectivity index (χ1) is 21.8. The van der Waals surface area contributed by atoms with Crippen LogP contribution in [0.1, 0.15) is 91.9 Å². The number of halogens is 1. The number of nitrogens with one attached hydrogen (secondary N) is 3. The van der Waals surface area contributed by atoms with Gasteiger partial charge in [0, 0.05) is 24.7 Å². The average molecular weight is 663 g/mol. The summed E-state index contributed by atoms with van der Waals surface area (Å²) < 4.78 is 6.08. The molecule has 4 rings (SSSR count). The zero-order valence-electron chi connectivity index (χ0n) is 27.5. The Bertz CT molecular complexity index is 1220. The standard InChI is InChI=1S/C33H51ClN6O6/c1-5-9-23(27(41)31(44)37-21-13-14-21)38-29(42)24-16-22(46-25-15-12-20(34)17-36-25)18-40(24)32(45)28(33(2,3)4)39-30(43)26(35)19-10-7-6-8-11-19/h12,15,17,19,21-24,26-28,41H,5-11,13-14,16,18,35H2,1-4H3,(H,37,44)(H,38,42)(H,39,43)/t22-,23+,24+,26+,27?,28-/m1/s1. The van der Waals surface area contributed by atoms with Crippen LogP contribution < -0.4 is 26.4 Å². The van der Waals surface area contributed by atoms with Gasteiger partial charge in [-0.25, -0.2) is 4.98 Å². The van der Waals surface area contributed by atoms with Gasteiger partial charge < -0.3 is 36.4 Å². The first-order valence-electron chi connectivity index (χ1n) is 16.7. The Morgan fingerprint density at radius 1 is 1.09 bits per heavy atom. The number of hydrogen-bond donors (Lipinski definition) is 5. The highest BCUT2D eigenvalue weighted by Crippen LogP contribution is 2.30. The van der Waals surface area contributed by atoms with Crippen LogP contribution >= 0.6 is 11.6 Å². The summed E-state index contributed by atoms with van der Waals surface area (Å²) in [7, 11) is 0. The van der Waals surface area contributed by atoms with Gasteiger partial charge in [0.25, 0.3) is 5.91 Å². The van der Waals surface area contributed by atoms with Crippen LogP contribution in [0.4, 0.5) is 0 Å². The smallest absolute Gasteiger partial charge is 0.251 e. The monoisotopic (exact) mass is 662 g/mol. The number of hydrogen-bond acceptors (Lipinski definition) is 8. The van der Waals surface area contributed by atoms with E-state index in [0.29, 0.717) is 17.9 Å². The van der Waals surface area contributed by atoms with Gasteiger partial charge in [-0.05, 0) is 49.5 Å². The number of aliphatic hydroxyl groups excluding tert-OH is 1. The van der Waals surface area contributed by atoms with Gasteiger partial charge in [-0.3, -0.25) is 19.2 Å². The lowest BCUT2D eigenvalue weighted by Gasteiger charge is -2.37. The Morgan fingerprint density at radius 3 is 2.37 bits per heavy atom. The van der Waals surface area contributed by atoms with Crippen molar-refractivity contribution in [3.8, 4) is 5.88 Å². The molecular formula is C33H51ClN6O6. The molecule has 3 aliphatic rings. The van der Waals surface area contributed by atoms with Crippen molar-refractivity contribution in [1.82, 2.24) is 25.8 Å². The molecule has 4 amide bonds. The summed E-state index contributed by atoms with van der Waals surface area (Å²) in [5.74, 6) is -1.52. The fraction of sp³-hybridized carbons (Fsp3) is 0.727. The minimum absolute atomic E-state index is 0.0539. The number of carbonyl (C=O) groups excluding carboxylic acids is 4. The van der Waals surface area contributed by atoms with Gasteiger partial charge in [0.1, 0.15) is 18.2 Å². The van der Waals surface area contributed by atoms with E-state index in [-0.39, 0.29) is 36.7 Å². The molecule has 3 fully saturated rings. The van der Waals surface area contributed by atoms with E-state index < -0.39 is 59.5 Å². The maximum Gasteiger partial charge on any atom is 0.251 e. The molecule has 12 nitrogen and oxygen atoms in total. The highest BCUT2D eigenvalue weighted by Gasteiger charge is 2.47. The molecule has 256 valence electrons. The molecule has 13 heteroatoms. The molecule has 6 N–H and O–H groups in total. The third-order valence-electron chi connectivity index (χ3n) is 9.20. The van der Waals surface area contributed by atoms with Gasteiger partial charge in [-0.15, -0.1) is 0 Å². The maximum atomic E-state index is 14.4. The first kappa shape index (κ1) is 35.9. The van der Waals surface area contributed by atoms with Crippen molar-refractivity contribution in [2.24, 2.45) is 17.1 Å². The van der Waals surface area contributed by atoms with Crippen LogP contribution in [0.2, 0.25) is 5.02 Å². The summed E-state index contributed by atoms with van der Waals surface area (Å²) in [5.41, 5.74) is 5.70. The zero-order chi connectivity index (χ0) is 33.6. The Balaban J connectivity index is 1.55. The quantitative estimate of drug-likeness (QED) is 0.214. The molecule has 0 aromatic carbocycles. The fourth-order valence-electron chi connectivity index (χ4n) is 6.33. The third-order valence-corrected chi connectivity index (χ3v) is 9.42. The van der Waals surface area contributed by atoms with Gasteiger partial charge in [-0.2, -0.15) is 0 Å². The SMILES string of the molecule is CCC[C@H](NC(=O)[C@@H]1C[C@@H](Oc2ccc(Cl)cn2)CN1C(=O)[C@@H](NC(=O)[C@@H](N)C1CCCCC1)C(C)(C)C)C(O)C(=O)NC1CC1. The Hall–Kier alpha value is -2.96. The highest BCUT2D eigenvalue weighted by atomic mass is 35.5. The van der Waals surface area contributed by atoms with E-state index in [9.17, 15) is 24.3 Å². The molecule has 2 heterocycles. The largest absolute Gasteiger partial charge is 0.472 e. The number of amides is 4. The minimum Gasteiger partial charge on any atom is -0.472 e. The number of pyridine rings is 1. The maximum absolute atomic E-state index is 14.4. The highest BCUT2D eigenvalue weighted by molar-refractivity contribution is 6.30. The predicted molar refractivity (Wildman–Crippen MR) is 174 cm³/mol. The van der Waals surface area contributed by atoms with Crippen molar-refractivity contribution in [3.05, 3.63) is 23.4 Å². The number of nitrogens with zero attached hydrogens (tertiary/aromatic N) is 2. The molecular weight excluding hydrogens is 612 g/mol. The molecule has 0 radical (unpaired) electrons. The summed E-state index contributed by atoms with van der Waals surface area (Å²) >= 11 is 5.99. The van der Waals surface area contributed by atoms with Crippen molar-refractivity contribution in [3.63, 3.8) is 0 Å². The molecule has 1 aromatic rings. The number of nitrogens with two attached hydrogens (primary N) is 1. The number of rotatable bonds is 13. The predicted octanol–water partition coefficient (Wildman–Crippen LogP) is 2.45. The second kappa shape index (κ2) is 15.8. The van der Waals surface area contributed by atoms with E-state index in [1.165, 1.54) is 11.1 Å². The summed E-state index contributed by atoms with van der Waals surface area (Å²) in [4.78, 5) is 60.0. The molecule has 0 spiro atoms. The first-order valence-corrected chi connectivity index (χ1v) is 17.1. The molecule has 1 unspecified atom stereocenters. The second-order valence-corrected chi connectivity index (χ2v) is 14.6. The third kappa shape index (κ3) is 9.54. The molecule has 2 aliphatic carbocycles. The van der Waals surface area contributed by atoms with E-state index in [1.807, 2.05) is 27.7 Å². The van der Waals surface area contributed by atoms with Crippen LogP contribution in [0, 0.1) is 11.3 Å². The zero-order valence-corrected chi connectivity index (χ0v) is 28.2. The van der Waals surface area contributed by atoms with E-state index in [4.69, 9.17) is 22.1 Å². The van der Waals surface area contributed by atoms with Crippen LogP contribution in [-0.4, -0.2) is 87.6 Å². The Labute approximate surface area is 276 Å². The summed E-state index contributed by atoms with van der Waals surface area (Å²) in [6, 6.07) is -0.249. The molecule has 1 aliphatic heterocycles. The van der Waals surface area contributed by atoms with E-state index in [1.54, 1.807) is 12.1 Å². The molecule has 1 aromatic heterocycles. The van der Waals surface area contributed by atoms with Gasteiger partial charge in [-0.1, -0.05) is 65.0 Å². The van der Waals surface area contributed by atoms with Crippen molar-refractivity contribution in [1.29, 1.82) is 0 Å². The van der Waals surface area contributed by atoms with Crippen LogP contribution in [0.3, 0.4) is 0 Å². The molecule has 6 atom stereocenters. The second-order valence-electron chi connectivity index (χ2n) is 14.2. The Kier molecular flexibility index (Phi) is 12.3. The van der Waals surface area contributed by atoms with E-state index in [0.717, 1.165) is 44.9 Å². The van der Waals surface area contributed by atoms with Crippen molar-refractivity contribution >= 4 is 35.2 Å². The van der Waals surface area contributed by atoms with Crippen molar-refractivity contribution in [2.45, 2.75) is 134 Å². The van der Waals surface area contributed by atoms with Crippen LogP contribution in [0.25, 0.3) is 0 Å². The minimum atomic E-state index is -1.44. The lowest BCUT2D eigenvalue weighted by molar-refractivity contribution is -0.145. The topological polar surface area (TPSA) is 176 Å². The Morgan fingerprint density at radius 2 is 1.78 bits per heavy atom. The van der Waals surface area contributed by atoms with E-state index in [2.05, 4.69) is 20.9 Å². The van der Waals surface area contributed by atoms with Gasteiger partial charge in [0.05, 0.1) is 23.7 Å². The summed E-state index contributed by atoms with van der Waals surface area (Å²) in [5, 5.41) is 19.9. The molecule has 0 bridgehead atoms. The van der Waals surface area contributed by atoms with Crippen LogP contribution in [-0.2, 0) is 19.2 Å². The molecule has 1 saturated heterocycles. The fourth-order valence-corrected chi connectivity index (χ4v) is 6.45. The van der Waals surface area contributed by atoms with Crippen LogP contribution in [0.15, 0.2) is 18.3 Å². The normalized spacial score (nSPS) is 23.2. The number of carbonyl (C=O) groups is 4. The van der Waals surface area contributed by atoms with E-state index >= 15 is 0 Å². The summed E-state index contributed by atoms with van der Waals surface area (Å²) in [6.07, 6.45) is 7.17. The molecule has 2 saturated carbocycles. The summed E-state index contributed by atoms with van der Waals surface area (Å²) in [6.45, 7) is 7.51. The van der Waals surface area contributed by atoms with Crippen LogP contribution in [0.5, 0.6) is 5.88 Å². The number of likely N-dealkylation sites (tertiary alicyclic amines) is 1. The molecule has 46 heavy (non-hydrogen) atoms. The lowest BCUT2D eigenvalue weighted by Crippen LogP contribution is -2.61. The average Bonchev–Trinajstić information content (AvgIpc) is 3.74. The number of aromatic nitrogens is 1. The lowest BCUT2D eigenvalue weighted by atomic mass is 9.82. The van der Waals surface area contributed by atoms with Crippen molar-refractivity contribution < 1.29 is 29.0 Å². The van der Waals surface area contributed by atoms with Gasteiger partial charge >= 0.3 is 0 Å². The number of aliphatic hydroxyl groups is 1. The van der Waals surface area contributed by atoms with Gasteiger partial charge in [0.15, 0.2) is 6.10 Å².